The van der Waals surface area contributed by atoms with Crippen molar-refractivity contribution in [1.29, 1.82) is 0 Å². The van der Waals surface area contributed by atoms with Gasteiger partial charge in [0.1, 0.15) is 6.10 Å². The molecule has 4 aliphatic carbocycles. The molecule has 0 aliphatic heterocycles. The second-order valence-corrected chi connectivity index (χ2v) is 15.9. The molecule has 5 nitrogen and oxygen atoms in total. The lowest BCUT2D eigenvalue weighted by Gasteiger charge is -2.59. The number of hydrogen-bond acceptors (Lipinski definition) is 4. The van der Waals surface area contributed by atoms with E-state index in [-0.39, 0.29) is 16.4 Å². The molecular formula is C35H51NO4S. The van der Waals surface area contributed by atoms with Crippen LogP contribution in [-0.2, 0) is 14.8 Å². The van der Waals surface area contributed by atoms with Gasteiger partial charge in [0.15, 0.2) is 0 Å². The van der Waals surface area contributed by atoms with Gasteiger partial charge in [0, 0.05) is 0 Å². The van der Waals surface area contributed by atoms with Gasteiger partial charge in [-0.1, -0.05) is 83.5 Å². The fourth-order valence-electron chi connectivity index (χ4n) is 9.59. The molecule has 2 unspecified atom stereocenters. The van der Waals surface area contributed by atoms with E-state index < -0.39 is 16.1 Å². The van der Waals surface area contributed by atoms with Gasteiger partial charge in [0.2, 0.25) is 0 Å². The number of amides is 1. The monoisotopic (exact) mass is 581 g/mol. The van der Waals surface area contributed by atoms with E-state index in [1.54, 1.807) is 18.2 Å². The molecule has 0 radical (unpaired) electrons. The predicted octanol–water partition coefficient (Wildman–Crippen LogP) is 8.53. The van der Waals surface area contributed by atoms with Gasteiger partial charge in [-0.15, -0.1) is 0 Å². The molecule has 1 amide bonds. The lowest BCUT2D eigenvalue weighted by molar-refractivity contribution is -0.0805. The van der Waals surface area contributed by atoms with E-state index >= 15 is 0 Å². The van der Waals surface area contributed by atoms with E-state index in [2.05, 4.69) is 63.6 Å². The van der Waals surface area contributed by atoms with E-state index in [0.717, 1.165) is 31.1 Å². The Bertz CT molecular complexity index is 1240. The van der Waals surface area contributed by atoms with Crippen molar-refractivity contribution in [2.24, 2.45) is 52.3 Å². The Labute approximate surface area is 248 Å². The smallest absolute Gasteiger partial charge is 0.421 e. The minimum absolute atomic E-state index is 0.0596. The quantitative estimate of drug-likeness (QED) is 0.312. The number of nitrogens with one attached hydrogen (secondary N) is 1. The average Bonchev–Trinajstić information content (AvgIpc) is 3.29. The van der Waals surface area contributed by atoms with Crippen LogP contribution in [0.5, 0.6) is 0 Å². The summed E-state index contributed by atoms with van der Waals surface area (Å²) in [6.07, 6.45) is 19.1. The molecule has 6 heteroatoms. The number of carbonyl (C=O) groups is 1. The molecule has 1 aromatic rings. The number of ether oxygens (including phenoxy) is 1. The minimum Gasteiger partial charge on any atom is -0.446 e. The summed E-state index contributed by atoms with van der Waals surface area (Å²) >= 11 is 0. The Morgan fingerprint density at radius 1 is 1.00 bits per heavy atom. The fourth-order valence-corrected chi connectivity index (χ4v) is 10.5. The van der Waals surface area contributed by atoms with E-state index in [9.17, 15) is 13.2 Å². The number of sulfonamides is 1. The van der Waals surface area contributed by atoms with Gasteiger partial charge >= 0.3 is 6.09 Å². The maximum absolute atomic E-state index is 12.6. The zero-order valence-corrected chi connectivity index (χ0v) is 26.5. The summed E-state index contributed by atoms with van der Waals surface area (Å²) in [4.78, 5) is 12.7. The van der Waals surface area contributed by atoms with Crippen molar-refractivity contribution in [2.45, 2.75) is 103 Å². The van der Waals surface area contributed by atoms with Crippen molar-refractivity contribution in [3.05, 3.63) is 54.6 Å². The fraction of sp³-hybridized carbons (Fsp3) is 0.686. The van der Waals surface area contributed by atoms with Crippen LogP contribution in [0.4, 0.5) is 4.79 Å². The maximum atomic E-state index is 12.6. The molecule has 0 saturated heterocycles. The zero-order valence-electron chi connectivity index (χ0n) is 25.7. The first-order valence-corrected chi connectivity index (χ1v) is 17.6. The standard InChI is InChI=1S/C35H51NO4S/c1-6-10-24(2)13-14-25(3)30-17-18-31-29-16-15-26-23-27(19-21-34(26,4)32(29)20-22-35(30,31)5)40-33(37)36-41(38,39)28-11-8-7-9-12-28/h7-9,11-16,24-27,29-32H,6,10,17-23H2,1-5H3,(H,36,37)/b14-13+/t24-,25-,26?,27+,29?,30-,31+,32+,34+,35-/m1/s1. The van der Waals surface area contributed by atoms with Crippen LogP contribution in [0, 0.1) is 52.3 Å². The molecule has 0 bridgehead atoms. The SMILES string of the molecule is CCC[C@@H](C)/C=C/[C@@H](C)[C@H]1CC[C@H]2C3C=CC4C[C@@H](OC(=O)NS(=O)(=O)c5ccccc5)CC[C@]4(C)[C@H]3CC[C@]12C. The van der Waals surface area contributed by atoms with Crippen molar-refractivity contribution in [3.8, 4) is 0 Å². The van der Waals surface area contributed by atoms with Gasteiger partial charge in [-0.2, -0.15) is 0 Å². The van der Waals surface area contributed by atoms with Crippen molar-refractivity contribution in [2.75, 3.05) is 0 Å². The molecule has 0 spiro atoms. The average molecular weight is 582 g/mol. The van der Waals surface area contributed by atoms with E-state index in [1.807, 2.05) is 0 Å². The molecule has 4 aliphatic rings. The molecule has 41 heavy (non-hydrogen) atoms. The number of rotatable bonds is 8. The highest BCUT2D eigenvalue weighted by Gasteiger charge is 2.59. The van der Waals surface area contributed by atoms with Crippen molar-refractivity contribution in [3.63, 3.8) is 0 Å². The Balaban J connectivity index is 1.23. The Morgan fingerprint density at radius 3 is 2.44 bits per heavy atom. The van der Waals surface area contributed by atoms with Crippen LogP contribution in [0.25, 0.3) is 0 Å². The van der Waals surface area contributed by atoms with E-state index in [1.165, 1.54) is 50.7 Å². The second-order valence-electron chi connectivity index (χ2n) is 14.2. The van der Waals surface area contributed by atoms with Gasteiger partial charge in [0.25, 0.3) is 10.0 Å². The van der Waals surface area contributed by atoms with Crippen LogP contribution in [0.1, 0.15) is 92.4 Å². The van der Waals surface area contributed by atoms with Gasteiger partial charge in [-0.25, -0.2) is 17.9 Å². The van der Waals surface area contributed by atoms with E-state index in [4.69, 9.17) is 4.74 Å². The highest BCUT2D eigenvalue weighted by Crippen LogP contribution is 2.67. The largest absolute Gasteiger partial charge is 0.446 e. The molecule has 3 saturated carbocycles. The van der Waals surface area contributed by atoms with Gasteiger partial charge < -0.3 is 4.74 Å². The molecule has 3 fully saturated rings. The van der Waals surface area contributed by atoms with Crippen molar-refractivity contribution < 1.29 is 17.9 Å². The van der Waals surface area contributed by atoms with Crippen LogP contribution in [0.2, 0.25) is 0 Å². The first-order valence-electron chi connectivity index (χ1n) is 16.1. The molecular weight excluding hydrogens is 530 g/mol. The lowest BCUT2D eigenvalue weighted by Crippen LogP contribution is -2.52. The minimum atomic E-state index is -3.94. The third-order valence-corrected chi connectivity index (χ3v) is 13.2. The third kappa shape index (κ3) is 5.92. The number of allylic oxidation sites excluding steroid dienone is 4. The number of fused-ring (bicyclic) bond motifs is 5. The summed E-state index contributed by atoms with van der Waals surface area (Å²) < 4.78 is 32.9. The first-order chi connectivity index (χ1) is 19.5. The van der Waals surface area contributed by atoms with Gasteiger partial charge in [0.05, 0.1) is 4.90 Å². The van der Waals surface area contributed by atoms with Crippen LogP contribution in [-0.4, -0.2) is 20.6 Å². The summed E-state index contributed by atoms with van der Waals surface area (Å²) in [7, 11) is -3.94. The van der Waals surface area contributed by atoms with Crippen LogP contribution < -0.4 is 4.72 Å². The third-order valence-electron chi connectivity index (χ3n) is 11.9. The lowest BCUT2D eigenvalue weighted by atomic mass is 9.46. The highest BCUT2D eigenvalue weighted by atomic mass is 32.2. The topological polar surface area (TPSA) is 72.5 Å². The molecule has 1 N–H and O–H groups in total. The summed E-state index contributed by atoms with van der Waals surface area (Å²) in [5.41, 5.74) is 0.599. The maximum Gasteiger partial charge on any atom is 0.421 e. The molecule has 0 aromatic heterocycles. The number of benzene rings is 1. The first kappa shape index (κ1) is 30.4. The highest BCUT2D eigenvalue weighted by molar-refractivity contribution is 7.90. The van der Waals surface area contributed by atoms with Crippen LogP contribution in [0.15, 0.2) is 59.5 Å². The van der Waals surface area contributed by atoms with Gasteiger partial charge in [-0.3, -0.25) is 0 Å². The summed E-state index contributed by atoms with van der Waals surface area (Å²) in [5, 5.41) is 0. The number of carbonyl (C=O) groups excluding carboxylic acids is 1. The van der Waals surface area contributed by atoms with Crippen LogP contribution in [0.3, 0.4) is 0 Å². The molecule has 10 atom stereocenters. The predicted molar refractivity (Wildman–Crippen MR) is 165 cm³/mol. The second kappa shape index (κ2) is 11.9. The molecule has 5 rings (SSSR count). The summed E-state index contributed by atoms with van der Waals surface area (Å²) in [5.74, 6) is 4.44. The number of hydrogen-bond donors (Lipinski definition) is 1. The van der Waals surface area contributed by atoms with Crippen LogP contribution >= 0.6 is 0 Å². The molecule has 226 valence electrons. The molecule has 1 aromatic carbocycles. The Morgan fingerprint density at radius 2 is 1.71 bits per heavy atom. The zero-order chi connectivity index (χ0) is 29.4. The summed E-state index contributed by atoms with van der Waals surface area (Å²) in [6, 6.07) is 7.95. The van der Waals surface area contributed by atoms with Gasteiger partial charge in [-0.05, 0) is 116 Å². The Kier molecular flexibility index (Phi) is 8.81. The summed E-state index contributed by atoms with van der Waals surface area (Å²) in [6.45, 7) is 12.1. The van der Waals surface area contributed by atoms with Crippen molar-refractivity contribution >= 4 is 16.1 Å². The molecule has 0 heterocycles. The van der Waals surface area contributed by atoms with Crippen molar-refractivity contribution in [1.82, 2.24) is 4.72 Å². The van der Waals surface area contributed by atoms with E-state index in [0.29, 0.717) is 35.0 Å². The Hall–Kier alpha value is -2.08. The normalized spacial score (nSPS) is 38.0.